The highest BCUT2D eigenvalue weighted by Crippen LogP contribution is 2.34. The molecule has 0 spiro atoms. The maximum atomic E-state index is 12.1. The summed E-state index contributed by atoms with van der Waals surface area (Å²) in [7, 11) is 0. The van der Waals surface area contributed by atoms with Crippen LogP contribution in [0.15, 0.2) is 18.2 Å². The van der Waals surface area contributed by atoms with Gasteiger partial charge in [-0.05, 0) is 31.9 Å². The predicted molar refractivity (Wildman–Crippen MR) is 78.2 cm³/mol. The minimum absolute atomic E-state index is 0.0688. The van der Waals surface area contributed by atoms with Crippen LogP contribution in [0.4, 0.5) is 5.69 Å². The fourth-order valence-corrected chi connectivity index (χ4v) is 2.91. The Bertz CT molecular complexity index is 589. The summed E-state index contributed by atoms with van der Waals surface area (Å²) in [6.07, 6.45) is 0.912. The second kappa shape index (κ2) is 4.98. The largest absolute Gasteiger partial charge is 0.397 e. The SMILES string of the molecule is CCC(C)NC(=O)c1sc2cc(C)ccc2c1N. The van der Waals surface area contributed by atoms with Crippen molar-refractivity contribution in [1.82, 2.24) is 5.32 Å². The van der Waals surface area contributed by atoms with E-state index in [0.717, 1.165) is 16.5 Å². The zero-order valence-corrected chi connectivity index (χ0v) is 11.7. The lowest BCUT2D eigenvalue weighted by atomic mass is 10.1. The van der Waals surface area contributed by atoms with Gasteiger partial charge in [0, 0.05) is 16.1 Å². The van der Waals surface area contributed by atoms with Crippen LogP contribution in [0.3, 0.4) is 0 Å². The summed E-state index contributed by atoms with van der Waals surface area (Å²) in [4.78, 5) is 12.7. The summed E-state index contributed by atoms with van der Waals surface area (Å²) >= 11 is 1.46. The Balaban J connectivity index is 2.39. The first kappa shape index (κ1) is 12.9. The summed E-state index contributed by atoms with van der Waals surface area (Å²) in [6, 6.07) is 6.23. The van der Waals surface area contributed by atoms with Gasteiger partial charge in [-0.2, -0.15) is 0 Å². The highest BCUT2D eigenvalue weighted by molar-refractivity contribution is 7.21. The number of hydrogen-bond acceptors (Lipinski definition) is 3. The molecule has 18 heavy (non-hydrogen) atoms. The third-order valence-electron chi connectivity index (χ3n) is 3.08. The van der Waals surface area contributed by atoms with Gasteiger partial charge < -0.3 is 11.1 Å². The molecule has 0 aliphatic carbocycles. The first-order valence-electron chi connectivity index (χ1n) is 6.12. The molecular weight excluding hydrogens is 244 g/mol. The number of thiophene rings is 1. The molecule has 1 aromatic heterocycles. The molecule has 0 bridgehead atoms. The predicted octanol–water partition coefficient (Wildman–Crippen LogP) is 3.32. The lowest BCUT2D eigenvalue weighted by molar-refractivity contribution is 0.0944. The number of carbonyl (C=O) groups excluding carboxylic acids is 1. The first-order valence-corrected chi connectivity index (χ1v) is 6.94. The second-order valence-corrected chi connectivity index (χ2v) is 5.68. The van der Waals surface area contributed by atoms with Crippen LogP contribution < -0.4 is 11.1 Å². The molecule has 1 unspecified atom stereocenters. The van der Waals surface area contributed by atoms with Crippen molar-refractivity contribution in [2.24, 2.45) is 0 Å². The highest BCUT2D eigenvalue weighted by Gasteiger charge is 2.17. The number of nitrogens with one attached hydrogen (secondary N) is 1. The smallest absolute Gasteiger partial charge is 0.263 e. The number of fused-ring (bicyclic) bond motifs is 1. The van der Waals surface area contributed by atoms with Crippen LogP contribution in [0.25, 0.3) is 10.1 Å². The third kappa shape index (κ3) is 2.34. The summed E-state index contributed by atoms with van der Waals surface area (Å²) < 4.78 is 1.07. The topological polar surface area (TPSA) is 55.1 Å². The summed E-state index contributed by atoms with van der Waals surface area (Å²) in [5.74, 6) is -0.0688. The Morgan fingerprint density at radius 2 is 2.22 bits per heavy atom. The Hall–Kier alpha value is -1.55. The Kier molecular flexibility index (Phi) is 3.57. The minimum Gasteiger partial charge on any atom is -0.397 e. The molecule has 1 atom stereocenters. The molecule has 2 aromatic rings. The number of aryl methyl sites for hydroxylation is 1. The molecule has 0 saturated heterocycles. The molecule has 1 heterocycles. The van der Waals surface area contributed by atoms with Crippen LogP contribution in [0.1, 0.15) is 35.5 Å². The molecule has 1 amide bonds. The first-order chi connectivity index (χ1) is 8.52. The van der Waals surface area contributed by atoms with Gasteiger partial charge in [-0.25, -0.2) is 0 Å². The van der Waals surface area contributed by atoms with Gasteiger partial charge in [0.15, 0.2) is 0 Å². The van der Waals surface area contributed by atoms with Crippen LogP contribution in [-0.2, 0) is 0 Å². The maximum Gasteiger partial charge on any atom is 0.263 e. The molecule has 4 heteroatoms. The number of carbonyl (C=O) groups is 1. The minimum atomic E-state index is -0.0688. The zero-order chi connectivity index (χ0) is 13.3. The fraction of sp³-hybridized carbons (Fsp3) is 0.357. The van der Waals surface area contributed by atoms with Crippen molar-refractivity contribution in [3.63, 3.8) is 0 Å². The van der Waals surface area contributed by atoms with Crippen molar-refractivity contribution in [3.05, 3.63) is 28.6 Å². The maximum absolute atomic E-state index is 12.1. The number of amides is 1. The van der Waals surface area contributed by atoms with Gasteiger partial charge in [0.1, 0.15) is 4.88 Å². The molecule has 96 valence electrons. The van der Waals surface area contributed by atoms with Crippen LogP contribution in [0.5, 0.6) is 0 Å². The molecule has 0 aliphatic rings. The average Bonchev–Trinajstić information content (AvgIpc) is 2.66. The van der Waals surface area contributed by atoms with E-state index in [-0.39, 0.29) is 11.9 Å². The number of rotatable bonds is 3. The van der Waals surface area contributed by atoms with Crippen molar-refractivity contribution in [2.75, 3.05) is 5.73 Å². The van der Waals surface area contributed by atoms with Gasteiger partial charge in [0.25, 0.3) is 5.91 Å². The van der Waals surface area contributed by atoms with E-state index in [1.54, 1.807) is 0 Å². The Morgan fingerprint density at radius 3 is 2.89 bits per heavy atom. The second-order valence-electron chi connectivity index (χ2n) is 4.63. The van der Waals surface area contributed by atoms with Crippen LogP contribution >= 0.6 is 11.3 Å². The van der Waals surface area contributed by atoms with Gasteiger partial charge in [0.2, 0.25) is 0 Å². The molecule has 1 aromatic carbocycles. The van der Waals surface area contributed by atoms with Gasteiger partial charge >= 0.3 is 0 Å². The van der Waals surface area contributed by atoms with Crippen LogP contribution in [0, 0.1) is 6.92 Å². The lowest BCUT2D eigenvalue weighted by Gasteiger charge is -2.10. The molecule has 0 radical (unpaired) electrons. The fourth-order valence-electron chi connectivity index (χ4n) is 1.78. The lowest BCUT2D eigenvalue weighted by Crippen LogP contribution is -2.31. The van der Waals surface area contributed by atoms with Crippen molar-refractivity contribution in [3.8, 4) is 0 Å². The summed E-state index contributed by atoms with van der Waals surface area (Å²) in [5.41, 5.74) is 7.83. The van der Waals surface area contributed by atoms with Crippen molar-refractivity contribution in [1.29, 1.82) is 0 Å². The third-order valence-corrected chi connectivity index (χ3v) is 4.25. The van der Waals surface area contributed by atoms with Crippen LogP contribution in [-0.4, -0.2) is 11.9 Å². The number of nitrogens with two attached hydrogens (primary N) is 1. The molecule has 3 N–H and O–H groups in total. The van der Waals surface area contributed by atoms with Gasteiger partial charge in [-0.15, -0.1) is 11.3 Å². The monoisotopic (exact) mass is 262 g/mol. The average molecular weight is 262 g/mol. The van der Waals surface area contributed by atoms with E-state index in [9.17, 15) is 4.79 Å². The Morgan fingerprint density at radius 1 is 1.50 bits per heavy atom. The highest BCUT2D eigenvalue weighted by atomic mass is 32.1. The molecule has 2 rings (SSSR count). The zero-order valence-electron chi connectivity index (χ0n) is 10.9. The number of anilines is 1. The van der Waals surface area contributed by atoms with Gasteiger partial charge in [-0.3, -0.25) is 4.79 Å². The number of benzene rings is 1. The van der Waals surface area contributed by atoms with E-state index in [4.69, 9.17) is 5.73 Å². The van der Waals surface area contributed by atoms with Gasteiger partial charge in [-0.1, -0.05) is 19.1 Å². The molecule has 3 nitrogen and oxygen atoms in total. The summed E-state index contributed by atoms with van der Waals surface area (Å²) in [5, 5.41) is 3.93. The van der Waals surface area contributed by atoms with E-state index < -0.39 is 0 Å². The van der Waals surface area contributed by atoms with Crippen molar-refractivity contribution < 1.29 is 4.79 Å². The standard InChI is InChI=1S/C14H18N2OS/c1-4-9(3)16-14(17)13-12(15)10-6-5-8(2)7-11(10)18-13/h5-7,9H,4,15H2,1-3H3,(H,16,17). The number of nitrogen functional groups attached to an aromatic ring is 1. The van der Waals surface area contributed by atoms with Gasteiger partial charge in [0.05, 0.1) is 5.69 Å². The molecule has 0 saturated carbocycles. The van der Waals surface area contributed by atoms with Crippen LogP contribution in [0.2, 0.25) is 0 Å². The van der Waals surface area contributed by atoms with E-state index in [1.807, 2.05) is 32.9 Å². The van der Waals surface area contributed by atoms with Crippen molar-refractivity contribution in [2.45, 2.75) is 33.2 Å². The molecule has 0 aliphatic heterocycles. The van der Waals surface area contributed by atoms with E-state index >= 15 is 0 Å². The normalized spacial score (nSPS) is 12.6. The number of hydrogen-bond donors (Lipinski definition) is 2. The molecular formula is C14H18N2OS. The van der Waals surface area contributed by atoms with Crippen molar-refractivity contribution >= 4 is 33.0 Å². The molecule has 0 fully saturated rings. The van der Waals surface area contributed by atoms with E-state index in [0.29, 0.717) is 10.6 Å². The van der Waals surface area contributed by atoms with E-state index in [2.05, 4.69) is 11.4 Å². The van der Waals surface area contributed by atoms with E-state index in [1.165, 1.54) is 16.9 Å². The summed E-state index contributed by atoms with van der Waals surface area (Å²) in [6.45, 7) is 6.07. The Labute approximate surface area is 111 Å². The quantitative estimate of drug-likeness (QED) is 0.891.